The van der Waals surface area contributed by atoms with Crippen LogP contribution in [-0.2, 0) is 6.42 Å². The van der Waals surface area contributed by atoms with Crippen molar-refractivity contribution in [1.29, 1.82) is 0 Å². The van der Waals surface area contributed by atoms with Crippen LogP contribution in [-0.4, -0.2) is 20.3 Å². The van der Waals surface area contributed by atoms with Gasteiger partial charge in [-0.25, -0.2) is 4.98 Å². The van der Waals surface area contributed by atoms with Gasteiger partial charge in [0.1, 0.15) is 11.6 Å². The van der Waals surface area contributed by atoms with Crippen LogP contribution in [0.3, 0.4) is 0 Å². The third-order valence-electron chi connectivity index (χ3n) is 3.28. The average Bonchev–Trinajstić information content (AvgIpc) is 2.99. The van der Waals surface area contributed by atoms with Gasteiger partial charge < -0.3 is 10.8 Å². The molecule has 1 atom stereocenters. The summed E-state index contributed by atoms with van der Waals surface area (Å²) in [5.74, 6) is 1.45. The summed E-state index contributed by atoms with van der Waals surface area (Å²) in [5, 5.41) is 16.4. The molecule has 0 aliphatic carbocycles. The van der Waals surface area contributed by atoms with Gasteiger partial charge in [-0.3, -0.25) is 5.10 Å². The van der Waals surface area contributed by atoms with Gasteiger partial charge in [0, 0.05) is 5.56 Å². The first-order valence-electron chi connectivity index (χ1n) is 6.73. The lowest BCUT2D eigenvalue weighted by Crippen LogP contribution is -2.15. The van der Waals surface area contributed by atoms with Crippen molar-refractivity contribution >= 4 is 0 Å². The molecule has 5 nitrogen and oxygen atoms in total. The van der Waals surface area contributed by atoms with Gasteiger partial charge in [-0.05, 0) is 36.2 Å². The minimum Gasteiger partial charge on any atom is -0.508 e. The van der Waals surface area contributed by atoms with Gasteiger partial charge in [-0.1, -0.05) is 30.3 Å². The number of hydrogen-bond donors (Lipinski definition) is 3. The van der Waals surface area contributed by atoms with Crippen molar-refractivity contribution in [1.82, 2.24) is 15.2 Å². The molecule has 0 bridgehead atoms. The van der Waals surface area contributed by atoms with Gasteiger partial charge in [-0.15, -0.1) is 0 Å². The van der Waals surface area contributed by atoms with Crippen LogP contribution in [0.15, 0.2) is 54.6 Å². The first-order chi connectivity index (χ1) is 10.2. The van der Waals surface area contributed by atoms with Crippen molar-refractivity contribution in [3.8, 4) is 17.1 Å². The van der Waals surface area contributed by atoms with E-state index >= 15 is 0 Å². The zero-order chi connectivity index (χ0) is 14.7. The van der Waals surface area contributed by atoms with Crippen LogP contribution in [0.2, 0.25) is 0 Å². The van der Waals surface area contributed by atoms with Crippen LogP contribution in [0.5, 0.6) is 5.75 Å². The van der Waals surface area contributed by atoms with Gasteiger partial charge in [0.15, 0.2) is 5.82 Å². The van der Waals surface area contributed by atoms with Crippen molar-refractivity contribution in [3.05, 3.63) is 66.0 Å². The third-order valence-corrected chi connectivity index (χ3v) is 3.28. The highest BCUT2D eigenvalue weighted by Gasteiger charge is 2.13. The van der Waals surface area contributed by atoms with Crippen LogP contribution in [0.25, 0.3) is 11.4 Å². The summed E-state index contributed by atoms with van der Waals surface area (Å²) >= 11 is 0. The van der Waals surface area contributed by atoms with Gasteiger partial charge >= 0.3 is 0 Å². The van der Waals surface area contributed by atoms with Crippen LogP contribution >= 0.6 is 0 Å². The third kappa shape index (κ3) is 3.09. The number of phenols is 1. The molecule has 5 heteroatoms. The number of nitrogens with zero attached hydrogens (tertiary/aromatic N) is 2. The molecule has 1 aromatic heterocycles. The maximum atomic E-state index is 9.29. The quantitative estimate of drug-likeness (QED) is 0.685. The second kappa shape index (κ2) is 5.76. The summed E-state index contributed by atoms with van der Waals surface area (Å²) in [7, 11) is 0. The molecule has 4 N–H and O–H groups in total. The molecule has 0 fully saturated rings. The first kappa shape index (κ1) is 13.3. The van der Waals surface area contributed by atoms with Crippen molar-refractivity contribution in [2.24, 2.45) is 5.73 Å². The van der Waals surface area contributed by atoms with E-state index in [0.29, 0.717) is 18.1 Å². The molecule has 1 heterocycles. The van der Waals surface area contributed by atoms with E-state index < -0.39 is 0 Å². The Hall–Kier alpha value is -2.66. The van der Waals surface area contributed by atoms with Gasteiger partial charge in [0.2, 0.25) is 0 Å². The topological polar surface area (TPSA) is 87.8 Å². The Morgan fingerprint density at radius 1 is 1.05 bits per heavy atom. The Labute approximate surface area is 122 Å². The number of H-pyrrole nitrogens is 1. The first-order valence-corrected chi connectivity index (χ1v) is 6.73. The largest absolute Gasteiger partial charge is 0.508 e. The van der Waals surface area contributed by atoms with E-state index in [1.807, 2.05) is 30.3 Å². The van der Waals surface area contributed by atoms with Crippen molar-refractivity contribution in [2.45, 2.75) is 12.5 Å². The molecule has 0 spiro atoms. The number of rotatable bonds is 4. The molecule has 0 unspecified atom stereocenters. The van der Waals surface area contributed by atoms with E-state index in [1.54, 1.807) is 24.3 Å². The standard InChI is InChI=1S/C16H16N4O/c17-14(10-11-4-2-1-3-5-11)16-18-15(19-20-16)12-6-8-13(21)9-7-12/h1-9,14,21H,10,17H2,(H,18,19,20)/t14-/m0/s1. The maximum Gasteiger partial charge on any atom is 0.181 e. The molecule has 0 aliphatic heterocycles. The number of nitrogens with one attached hydrogen (secondary N) is 1. The lowest BCUT2D eigenvalue weighted by molar-refractivity contribution is 0.475. The number of aromatic nitrogens is 3. The van der Waals surface area contributed by atoms with E-state index in [2.05, 4.69) is 15.2 Å². The molecule has 0 saturated heterocycles. The molecule has 3 rings (SSSR count). The minimum absolute atomic E-state index is 0.218. The Kier molecular flexibility index (Phi) is 3.66. The second-order valence-corrected chi connectivity index (χ2v) is 4.89. The summed E-state index contributed by atoms with van der Waals surface area (Å²) in [5.41, 5.74) is 8.16. The van der Waals surface area contributed by atoms with Crippen LogP contribution < -0.4 is 5.73 Å². The Bertz CT molecular complexity index is 707. The molecule has 2 aromatic carbocycles. The van der Waals surface area contributed by atoms with E-state index in [1.165, 1.54) is 0 Å². The molecular formula is C16H16N4O. The zero-order valence-corrected chi connectivity index (χ0v) is 11.4. The molecule has 0 saturated carbocycles. The van der Waals surface area contributed by atoms with Crippen molar-refractivity contribution < 1.29 is 5.11 Å². The van der Waals surface area contributed by atoms with Gasteiger partial charge in [-0.2, -0.15) is 5.10 Å². The van der Waals surface area contributed by atoms with Crippen LogP contribution in [0, 0.1) is 0 Å². The van der Waals surface area contributed by atoms with Gasteiger partial charge in [0.25, 0.3) is 0 Å². The smallest absolute Gasteiger partial charge is 0.181 e. The molecule has 3 aromatic rings. The van der Waals surface area contributed by atoms with Crippen molar-refractivity contribution in [3.63, 3.8) is 0 Å². The molecule has 0 amide bonds. The predicted molar refractivity (Wildman–Crippen MR) is 80.6 cm³/mol. The Balaban J connectivity index is 1.76. The van der Waals surface area contributed by atoms with E-state index in [9.17, 15) is 5.11 Å². The Morgan fingerprint density at radius 2 is 1.76 bits per heavy atom. The van der Waals surface area contributed by atoms with Crippen molar-refractivity contribution in [2.75, 3.05) is 0 Å². The highest BCUT2D eigenvalue weighted by molar-refractivity contribution is 5.55. The predicted octanol–water partition coefficient (Wildman–Crippen LogP) is 2.42. The van der Waals surface area contributed by atoms with E-state index in [0.717, 1.165) is 11.1 Å². The monoisotopic (exact) mass is 280 g/mol. The number of aromatic amines is 1. The Morgan fingerprint density at radius 3 is 2.48 bits per heavy atom. The summed E-state index contributed by atoms with van der Waals surface area (Å²) in [6, 6.07) is 16.6. The lowest BCUT2D eigenvalue weighted by atomic mass is 10.1. The maximum absolute atomic E-state index is 9.29. The molecule has 0 radical (unpaired) electrons. The SMILES string of the molecule is N[C@@H](Cc1ccccc1)c1nc(-c2ccc(O)cc2)n[nH]1. The summed E-state index contributed by atoms with van der Waals surface area (Å²) in [6.07, 6.45) is 0.699. The van der Waals surface area contributed by atoms with E-state index in [4.69, 9.17) is 5.73 Å². The normalized spacial score (nSPS) is 12.2. The van der Waals surface area contributed by atoms with E-state index in [-0.39, 0.29) is 11.8 Å². The highest BCUT2D eigenvalue weighted by Crippen LogP contribution is 2.20. The number of nitrogens with two attached hydrogens (primary N) is 1. The minimum atomic E-state index is -0.231. The lowest BCUT2D eigenvalue weighted by Gasteiger charge is -2.07. The fourth-order valence-electron chi connectivity index (χ4n) is 2.14. The summed E-state index contributed by atoms with van der Waals surface area (Å²) in [6.45, 7) is 0. The molecule has 0 aliphatic rings. The average molecular weight is 280 g/mol. The highest BCUT2D eigenvalue weighted by atomic mass is 16.3. The number of phenolic OH excluding ortho intramolecular Hbond substituents is 1. The fraction of sp³-hybridized carbons (Fsp3) is 0.125. The fourth-order valence-corrected chi connectivity index (χ4v) is 2.14. The van der Waals surface area contributed by atoms with Crippen LogP contribution in [0.4, 0.5) is 0 Å². The van der Waals surface area contributed by atoms with Crippen LogP contribution in [0.1, 0.15) is 17.4 Å². The molecule has 21 heavy (non-hydrogen) atoms. The summed E-state index contributed by atoms with van der Waals surface area (Å²) in [4.78, 5) is 4.43. The summed E-state index contributed by atoms with van der Waals surface area (Å²) < 4.78 is 0. The molecular weight excluding hydrogens is 264 g/mol. The number of benzene rings is 2. The second-order valence-electron chi connectivity index (χ2n) is 4.89. The zero-order valence-electron chi connectivity index (χ0n) is 11.4. The molecule has 106 valence electrons. The van der Waals surface area contributed by atoms with Gasteiger partial charge in [0.05, 0.1) is 6.04 Å². The number of aromatic hydroxyl groups is 1. The number of hydrogen-bond acceptors (Lipinski definition) is 4.